The fourth-order valence-electron chi connectivity index (χ4n) is 6.41. The molecule has 1 heterocycles. The molecule has 1 aromatic heterocycles. The normalized spacial score (nSPS) is 14.2. The molecule has 4 N–H and O–H groups in total. The standard InChI is InChI=1S/C42H59N4O11P/c1-41(2,3)33(26-37(48)55-8)39(49)45-46(27-30-17-19-31(20-18-30)34-16-12-13-21-43-34)28-36(57-58(51,52)53)32(24-29-14-10-9-11-15-29)25-35(47)38(42(4,5)6)44-40(50)56-23-22-54-7/h9-21,32-33,36,38H,22-28H2,1-8H3,(H,44,50)(H,45,49)(H2,51,52,53)/t32-,33-,36+,38-/m1/s1. The number of rotatable bonds is 21. The lowest BCUT2D eigenvalue weighted by molar-refractivity contribution is -0.148. The lowest BCUT2D eigenvalue weighted by Gasteiger charge is -2.36. The summed E-state index contributed by atoms with van der Waals surface area (Å²) in [4.78, 5) is 78.6. The second kappa shape index (κ2) is 22.0. The lowest BCUT2D eigenvalue weighted by atomic mass is 9.78. The molecule has 58 heavy (non-hydrogen) atoms. The van der Waals surface area contributed by atoms with Crippen LogP contribution in [-0.4, -0.2) is 89.7 Å². The Hall–Kier alpha value is -4.50. The van der Waals surface area contributed by atoms with Gasteiger partial charge in [-0.25, -0.2) is 14.4 Å². The highest BCUT2D eigenvalue weighted by Gasteiger charge is 2.40. The van der Waals surface area contributed by atoms with Gasteiger partial charge < -0.3 is 29.3 Å². The number of alkyl carbamates (subject to hydrolysis) is 1. The number of carbonyl (C=O) groups is 4. The van der Waals surface area contributed by atoms with Crippen LogP contribution in [0, 0.1) is 22.7 Å². The van der Waals surface area contributed by atoms with Gasteiger partial charge in [-0.15, -0.1) is 0 Å². The Kier molecular flexibility index (Phi) is 18.2. The summed E-state index contributed by atoms with van der Waals surface area (Å²) in [6.45, 7) is 10.6. The zero-order valence-corrected chi connectivity index (χ0v) is 35.6. The number of hydrogen-bond donors (Lipinski definition) is 4. The van der Waals surface area contributed by atoms with Gasteiger partial charge in [0.25, 0.3) is 0 Å². The molecule has 318 valence electrons. The van der Waals surface area contributed by atoms with Gasteiger partial charge in [0.05, 0.1) is 43.9 Å². The molecule has 0 aliphatic rings. The van der Waals surface area contributed by atoms with Gasteiger partial charge in [-0.3, -0.25) is 29.3 Å². The van der Waals surface area contributed by atoms with E-state index in [-0.39, 0.29) is 45.6 Å². The first-order valence-electron chi connectivity index (χ1n) is 19.1. The van der Waals surface area contributed by atoms with E-state index in [0.717, 1.165) is 22.4 Å². The third kappa shape index (κ3) is 16.4. The highest BCUT2D eigenvalue weighted by atomic mass is 31.2. The molecule has 0 spiro atoms. The average Bonchev–Trinajstić information content (AvgIpc) is 3.15. The maximum Gasteiger partial charge on any atom is 0.469 e. The van der Waals surface area contributed by atoms with E-state index in [1.54, 1.807) is 39.1 Å². The number of esters is 1. The van der Waals surface area contributed by atoms with Crippen LogP contribution in [0.2, 0.25) is 0 Å². The molecule has 3 rings (SSSR count). The number of nitrogens with zero attached hydrogens (tertiary/aromatic N) is 2. The Morgan fingerprint density at radius 1 is 0.828 bits per heavy atom. The van der Waals surface area contributed by atoms with Gasteiger partial charge in [-0.1, -0.05) is 102 Å². The molecule has 4 atom stereocenters. The number of carbonyl (C=O) groups excluding carboxylic acids is 4. The van der Waals surface area contributed by atoms with Gasteiger partial charge in [0.15, 0.2) is 5.78 Å². The first-order chi connectivity index (χ1) is 27.2. The van der Waals surface area contributed by atoms with E-state index in [4.69, 9.17) is 18.7 Å². The van der Waals surface area contributed by atoms with Crippen molar-refractivity contribution < 1.29 is 52.3 Å². The summed E-state index contributed by atoms with van der Waals surface area (Å²) in [7, 11) is -2.52. The van der Waals surface area contributed by atoms with E-state index < -0.39 is 66.4 Å². The number of hydrazine groups is 1. The maximum atomic E-state index is 14.3. The number of pyridine rings is 1. The Morgan fingerprint density at radius 3 is 2.03 bits per heavy atom. The predicted molar refractivity (Wildman–Crippen MR) is 218 cm³/mol. The molecular weight excluding hydrogens is 767 g/mol. The monoisotopic (exact) mass is 826 g/mol. The molecule has 0 bridgehead atoms. The van der Waals surface area contributed by atoms with Crippen LogP contribution in [-0.2, 0) is 50.6 Å². The van der Waals surface area contributed by atoms with E-state index >= 15 is 0 Å². The van der Waals surface area contributed by atoms with Crippen LogP contribution >= 0.6 is 7.82 Å². The number of benzene rings is 2. The lowest BCUT2D eigenvalue weighted by Crippen LogP contribution is -2.53. The molecule has 0 fully saturated rings. The van der Waals surface area contributed by atoms with E-state index in [1.807, 2.05) is 81.4 Å². The number of methoxy groups -OCH3 is 2. The second-order valence-electron chi connectivity index (χ2n) is 16.3. The summed E-state index contributed by atoms with van der Waals surface area (Å²) in [5, 5.41) is 4.14. The van der Waals surface area contributed by atoms with Crippen molar-refractivity contribution in [3.8, 4) is 11.3 Å². The van der Waals surface area contributed by atoms with Crippen molar-refractivity contribution in [3.05, 3.63) is 90.1 Å². The number of ketones is 1. The molecule has 0 aliphatic heterocycles. The first kappa shape index (κ1) is 47.9. The molecule has 0 saturated heterocycles. The van der Waals surface area contributed by atoms with Crippen molar-refractivity contribution in [2.45, 2.75) is 79.5 Å². The minimum atomic E-state index is -5.22. The number of hydrogen-bond acceptors (Lipinski definition) is 11. The van der Waals surface area contributed by atoms with Crippen LogP contribution in [0.15, 0.2) is 79.0 Å². The summed E-state index contributed by atoms with van der Waals surface area (Å²) in [6, 6.07) is 21.0. The fourth-order valence-corrected chi connectivity index (χ4v) is 7.00. The van der Waals surface area contributed by atoms with Gasteiger partial charge in [-0.2, -0.15) is 0 Å². The Bertz CT molecular complexity index is 1810. The van der Waals surface area contributed by atoms with E-state index in [1.165, 1.54) is 19.2 Å². The minimum Gasteiger partial charge on any atom is -0.469 e. The number of aromatic nitrogens is 1. The average molecular weight is 827 g/mol. The Morgan fingerprint density at radius 2 is 1.48 bits per heavy atom. The van der Waals surface area contributed by atoms with Gasteiger partial charge >= 0.3 is 19.9 Å². The van der Waals surface area contributed by atoms with Gasteiger partial charge in [-0.05, 0) is 46.4 Å². The largest absolute Gasteiger partial charge is 0.469 e. The van der Waals surface area contributed by atoms with E-state index in [0.29, 0.717) is 0 Å². The number of phosphoric ester groups is 1. The van der Waals surface area contributed by atoms with Crippen LogP contribution in [0.5, 0.6) is 0 Å². The Balaban J connectivity index is 2.09. The predicted octanol–water partition coefficient (Wildman–Crippen LogP) is 5.89. The smallest absolute Gasteiger partial charge is 0.469 e. The summed E-state index contributed by atoms with van der Waals surface area (Å²) in [5.41, 5.74) is 4.49. The topological polar surface area (TPSA) is 203 Å². The Labute approximate surface area is 341 Å². The van der Waals surface area contributed by atoms with Crippen molar-refractivity contribution in [1.82, 2.24) is 20.7 Å². The zero-order chi connectivity index (χ0) is 43.1. The maximum absolute atomic E-state index is 14.3. The zero-order valence-electron chi connectivity index (χ0n) is 34.7. The summed E-state index contributed by atoms with van der Waals surface area (Å²) in [6.07, 6.45) is -0.863. The number of nitrogens with one attached hydrogen (secondary N) is 2. The highest BCUT2D eigenvalue weighted by Crippen LogP contribution is 2.41. The first-order valence-corrected chi connectivity index (χ1v) is 20.6. The highest BCUT2D eigenvalue weighted by molar-refractivity contribution is 7.46. The molecule has 16 heteroatoms. The van der Waals surface area contributed by atoms with Gasteiger partial charge in [0, 0.05) is 38.4 Å². The molecule has 3 aromatic rings. The molecule has 2 amide bonds. The van der Waals surface area contributed by atoms with Crippen molar-refractivity contribution in [2.75, 3.05) is 34.0 Å². The minimum absolute atomic E-state index is 0.0364. The summed E-state index contributed by atoms with van der Waals surface area (Å²) < 4.78 is 33.3. The van der Waals surface area contributed by atoms with Crippen LogP contribution in [0.25, 0.3) is 11.3 Å². The van der Waals surface area contributed by atoms with Gasteiger partial charge in [0.2, 0.25) is 5.91 Å². The number of Topliss-reactive ketones (excluding diaryl/α,β-unsaturated/α-hetero) is 1. The van der Waals surface area contributed by atoms with Crippen molar-refractivity contribution >= 4 is 31.6 Å². The van der Waals surface area contributed by atoms with Crippen LogP contribution in [0.3, 0.4) is 0 Å². The summed E-state index contributed by atoms with van der Waals surface area (Å²) >= 11 is 0. The van der Waals surface area contributed by atoms with Crippen LogP contribution in [0.1, 0.15) is 65.5 Å². The number of ether oxygens (including phenoxy) is 3. The van der Waals surface area contributed by atoms with Crippen molar-refractivity contribution in [3.63, 3.8) is 0 Å². The quantitative estimate of drug-likeness (QED) is 0.0429. The molecular formula is C42H59N4O11P. The molecule has 0 unspecified atom stereocenters. The van der Waals surface area contributed by atoms with Crippen LogP contribution < -0.4 is 10.7 Å². The molecule has 2 aromatic carbocycles. The van der Waals surface area contributed by atoms with Gasteiger partial charge in [0.1, 0.15) is 6.61 Å². The molecule has 0 radical (unpaired) electrons. The fraction of sp³-hybridized carbons (Fsp3) is 0.500. The van der Waals surface area contributed by atoms with Crippen molar-refractivity contribution in [2.24, 2.45) is 22.7 Å². The van der Waals surface area contributed by atoms with Crippen molar-refractivity contribution in [1.29, 1.82) is 0 Å². The third-order valence-corrected chi connectivity index (χ3v) is 10.0. The molecule has 15 nitrogen and oxygen atoms in total. The number of phosphoric acid groups is 1. The number of amides is 2. The second-order valence-corrected chi connectivity index (χ2v) is 17.5. The SMILES string of the molecule is COCCOC(=O)N[C@H](C(=O)C[C@@H](Cc1ccccc1)[C@H](CN(Cc1ccc(-c2ccccn2)cc1)NC(=O)[C@@H](CC(=O)OC)C(C)(C)C)OP(=O)(O)O)C(C)(C)C. The van der Waals surface area contributed by atoms with E-state index in [2.05, 4.69) is 15.7 Å². The molecule has 0 saturated carbocycles. The third-order valence-electron chi connectivity index (χ3n) is 9.49. The van der Waals surface area contributed by atoms with E-state index in [9.17, 15) is 33.5 Å². The molecule has 0 aliphatic carbocycles. The van der Waals surface area contributed by atoms with Crippen LogP contribution in [0.4, 0.5) is 4.79 Å². The summed E-state index contributed by atoms with van der Waals surface area (Å²) in [5.74, 6) is -3.29.